The van der Waals surface area contributed by atoms with Crippen LogP contribution in [0.15, 0.2) is 109 Å². The van der Waals surface area contributed by atoms with E-state index in [4.69, 9.17) is 5.48 Å². The first-order valence-corrected chi connectivity index (χ1v) is 15.3. The van der Waals surface area contributed by atoms with E-state index in [1.807, 2.05) is 18.2 Å². The van der Waals surface area contributed by atoms with Crippen LogP contribution in [0, 0.1) is 0 Å². The third kappa shape index (κ3) is 5.20. The Morgan fingerprint density at radius 2 is 1.16 bits per heavy atom. The summed E-state index contributed by atoms with van der Waals surface area (Å²) in [5.74, 6) is 0. The van der Waals surface area contributed by atoms with E-state index in [2.05, 4.69) is 128 Å². The number of aromatic nitrogens is 1. The van der Waals surface area contributed by atoms with Gasteiger partial charge >= 0.3 is 0 Å². The number of hydrogen-bond donors (Lipinski definition) is 0. The van der Waals surface area contributed by atoms with Crippen molar-refractivity contribution in [2.75, 3.05) is 0 Å². The Hall–Kier alpha value is -4.10. The fraction of sp³-hybridized carbons (Fsp3) is 0.286. The normalized spacial score (nSPS) is 14.1. The Labute approximate surface area is 263 Å². The van der Waals surface area contributed by atoms with Gasteiger partial charge in [-0.3, -0.25) is 0 Å². The second-order valence-corrected chi connectivity index (χ2v) is 14.9. The van der Waals surface area contributed by atoms with Crippen molar-refractivity contribution < 1.29 is 5.48 Å². The van der Waals surface area contributed by atoms with E-state index < -0.39 is 0 Å². The summed E-state index contributed by atoms with van der Waals surface area (Å²) in [5, 5.41) is 2.10. The fourth-order valence-corrected chi connectivity index (χ4v) is 6.32. The van der Waals surface area contributed by atoms with Gasteiger partial charge in [-0.15, -0.1) is 0 Å². The van der Waals surface area contributed by atoms with E-state index in [0.29, 0.717) is 5.56 Å². The average molecular weight is 568 g/mol. The van der Waals surface area contributed by atoms with Gasteiger partial charge in [-0.25, -0.2) is 0 Å². The second kappa shape index (κ2) is 10.3. The minimum absolute atomic E-state index is 0.0275. The van der Waals surface area contributed by atoms with Crippen LogP contribution in [0.4, 0.5) is 0 Å². The van der Waals surface area contributed by atoms with Crippen LogP contribution in [-0.2, 0) is 16.2 Å². The average Bonchev–Trinajstić information content (AvgIpc) is 3.34. The molecule has 0 fully saturated rings. The molecule has 43 heavy (non-hydrogen) atoms. The molecule has 0 spiro atoms. The Balaban J connectivity index is 1.85. The third-order valence-electron chi connectivity index (χ3n) is 8.54. The van der Waals surface area contributed by atoms with Crippen LogP contribution in [-0.4, -0.2) is 4.57 Å². The summed E-state index contributed by atoms with van der Waals surface area (Å²) in [6.45, 7) is 20.4. The molecule has 0 saturated heterocycles. The van der Waals surface area contributed by atoms with Crippen LogP contribution < -0.4 is 0 Å². The van der Waals surface area contributed by atoms with Gasteiger partial charge in [0.25, 0.3) is 0 Å². The molecule has 0 N–H and O–H groups in total. The molecule has 6 rings (SSSR count). The zero-order valence-corrected chi connectivity index (χ0v) is 27.0. The van der Waals surface area contributed by atoms with Crippen LogP contribution in [0.3, 0.4) is 0 Å². The maximum Gasteiger partial charge on any atom is 0.0629 e. The van der Waals surface area contributed by atoms with Gasteiger partial charge in [-0.1, -0.05) is 147 Å². The quantitative estimate of drug-likeness (QED) is 0.200. The van der Waals surface area contributed by atoms with E-state index in [1.165, 1.54) is 27.8 Å². The number of benzene rings is 5. The first kappa shape index (κ1) is 24.4. The third-order valence-corrected chi connectivity index (χ3v) is 8.54. The van der Waals surface area contributed by atoms with Gasteiger partial charge in [0.2, 0.25) is 0 Å². The lowest BCUT2D eigenvalue weighted by atomic mass is 9.75. The van der Waals surface area contributed by atoms with Gasteiger partial charge in [0.15, 0.2) is 0 Å². The first-order chi connectivity index (χ1) is 21.9. The highest BCUT2D eigenvalue weighted by molar-refractivity contribution is 6.18. The summed E-state index contributed by atoms with van der Waals surface area (Å²) < 4.78 is 36.5. The lowest BCUT2D eigenvalue weighted by Crippen LogP contribution is -2.17. The second-order valence-electron chi connectivity index (χ2n) is 14.9. The van der Waals surface area contributed by atoms with Crippen LogP contribution in [0.1, 0.15) is 84.5 Å². The first-order valence-electron chi connectivity index (χ1n) is 17.3. The molecular formula is C42H45N. The molecule has 0 atom stereocenters. The molecule has 0 amide bonds. The smallest absolute Gasteiger partial charge is 0.0629 e. The molecule has 0 radical (unpaired) electrons. The van der Waals surface area contributed by atoms with Crippen molar-refractivity contribution in [2.45, 2.75) is 78.6 Å². The molecule has 0 unspecified atom stereocenters. The summed E-state index contributed by atoms with van der Waals surface area (Å²) in [5.41, 5.74) is 10.3. The maximum atomic E-state index is 8.94. The van der Waals surface area contributed by atoms with Gasteiger partial charge in [0, 0.05) is 16.5 Å². The number of rotatable bonds is 3. The molecule has 0 aliphatic carbocycles. The highest BCUT2D eigenvalue weighted by Gasteiger charge is 2.29. The summed E-state index contributed by atoms with van der Waals surface area (Å²) in [6, 6.07) is 29.2. The van der Waals surface area contributed by atoms with E-state index in [-0.39, 0.29) is 40.4 Å². The Morgan fingerprint density at radius 1 is 0.512 bits per heavy atom. The molecule has 6 aromatic rings. The van der Waals surface area contributed by atoms with Gasteiger partial charge in [-0.2, -0.15) is 0 Å². The molecule has 1 nitrogen and oxygen atoms in total. The van der Waals surface area contributed by atoms with Crippen LogP contribution in [0.25, 0.3) is 49.7 Å². The largest absolute Gasteiger partial charge is 0.309 e. The van der Waals surface area contributed by atoms with Crippen LogP contribution >= 0.6 is 0 Å². The van der Waals surface area contributed by atoms with Crippen LogP contribution in [0.2, 0.25) is 0 Å². The molecule has 1 aromatic heterocycles. The summed E-state index contributed by atoms with van der Waals surface area (Å²) in [4.78, 5) is 0. The van der Waals surface area contributed by atoms with Gasteiger partial charge in [0.05, 0.1) is 16.5 Å². The number of nitrogens with zero attached hydrogens (tertiary/aromatic N) is 1. The van der Waals surface area contributed by atoms with Crippen LogP contribution in [0.5, 0.6) is 0 Å². The molecule has 0 saturated carbocycles. The molecule has 1 heterocycles. The minimum atomic E-state index is -0.270. The number of hydrogen-bond acceptors (Lipinski definition) is 0. The SMILES string of the molecule is [2H]c1cc(-c2cccc3c2c2c(C(C)(C)C)c(-c4cc(C(C)(C)C)cc(C(C)(C)C)c4)ccc2n3-c2ccccc2)c([2H])c([2H])c1[2H]. The van der Waals surface area contributed by atoms with Crippen molar-refractivity contribution in [1.82, 2.24) is 4.57 Å². The van der Waals surface area contributed by atoms with E-state index >= 15 is 0 Å². The van der Waals surface area contributed by atoms with E-state index in [0.717, 1.165) is 33.1 Å². The van der Waals surface area contributed by atoms with E-state index in [1.54, 1.807) is 6.07 Å². The van der Waals surface area contributed by atoms with Crippen molar-refractivity contribution in [3.05, 3.63) is 126 Å². The van der Waals surface area contributed by atoms with Crippen molar-refractivity contribution in [1.29, 1.82) is 0 Å². The Kier molecular flexibility index (Phi) is 5.81. The predicted octanol–water partition coefficient (Wildman–Crippen LogP) is 12.0. The van der Waals surface area contributed by atoms with Crippen molar-refractivity contribution >= 4 is 21.8 Å². The molecular weight excluding hydrogens is 518 g/mol. The lowest BCUT2D eigenvalue weighted by molar-refractivity contribution is 0.568. The summed E-state index contributed by atoms with van der Waals surface area (Å²) in [6.07, 6.45) is 0. The highest BCUT2D eigenvalue weighted by Crippen LogP contribution is 2.47. The van der Waals surface area contributed by atoms with E-state index in [9.17, 15) is 0 Å². The molecule has 1 heteroatoms. The lowest BCUT2D eigenvalue weighted by Gasteiger charge is -2.29. The van der Waals surface area contributed by atoms with Crippen molar-refractivity contribution in [2.24, 2.45) is 0 Å². The van der Waals surface area contributed by atoms with Gasteiger partial charge < -0.3 is 4.57 Å². The highest BCUT2D eigenvalue weighted by atomic mass is 15.0. The standard InChI is InChI=1S/C42H45N/c1-40(2,3)30-25-29(26-31(27-30)41(4,5)6)34-23-24-36-38(39(34)42(7,8)9)37-33(28-17-12-10-13-18-28)21-16-22-35(37)43(36)32-19-14-11-15-20-32/h10-27H,1-9H3/i10D,12D,13D,17D. The molecule has 218 valence electrons. The van der Waals surface area contributed by atoms with Crippen molar-refractivity contribution in [3.63, 3.8) is 0 Å². The number of fused-ring (bicyclic) bond motifs is 3. The molecule has 0 aliphatic heterocycles. The molecule has 0 aliphatic rings. The monoisotopic (exact) mass is 567 g/mol. The van der Waals surface area contributed by atoms with Gasteiger partial charge in [-0.05, 0) is 79.5 Å². The number of para-hydroxylation sites is 1. The van der Waals surface area contributed by atoms with Gasteiger partial charge in [0.1, 0.15) is 0 Å². The zero-order chi connectivity index (χ0) is 34.2. The Bertz CT molecular complexity index is 2140. The maximum absolute atomic E-state index is 8.94. The summed E-state index contributed by atoms with van der Waals surface area (Å²) in [7, 11) is 0. The zero-order valence-electron chi connectivity index (χ0n) is 31.0. The summed E-state index contributed by atoms with van der Waals surface area (Å²) >= 11 is 0. The fourth-order valence-electron chi connectivity index (χ4n) is 6.32. The Morgan fingerprint density at radius 3 is 1.79 bits per heavy atom. The van der Waals surface area contributed by atoms with Crippen molar-refractivity contribution in [3.8, 4) is 27.9 Å². The minimum Gasteiger partial charge on any atom is -0.309 e. The topological polar surface area (TPSA) is 4.93 Å². The molecule has 0 bridgehead atoms. The predicted molar refractivity (Wildman–Crippen MR) is 188 cm³/mol. The molecule has 5 aromatic carbocycles.